The molecule has 1 saturated carbocycles. The van der Waals surface area contributed by atoms with E-state index < -0.39 is 0 Å². The summed E-state index contributed by atoms with van der Waals surface area (Å²) in [4.78, 5) is 25.0. The van der Waals surface area contributed by atoms with Crippen LogP contribution in [0.3, 0.4) is 0 Å². The lowest BCUT2D eigenvalue weighted by Crippen LogP contribution is -2.44. The molecule has 1 aromatic heterocycles. The molecule has 7 nitrogen and oxygen atoms in total. The fourth-order valence-electron chi connectivity index (χ4n) is 3.61. The third-order valence-corrected chi connectivity index (χ3v) is 5.21. The molecule has 1 fully saturated rings. The average molecular weight is 404 g/mol. The summed E-state index contributed by atoms with van der Waals surface area (Å²) in [5, 5.41) is 14.7. The summed E-state index contributed by atoms with van der Waals surface area (Å²) < 4.78 is 1.60. The number of amides is 2. The summed E-state index contributed by atoms with van der Waals surface area (Å²) in [7, 11) is 0. The van der Waals surface area contributed by atoms with E-state index in [9.17, 15) is 9.59 Å². The quantitative estimate of drug-likeness (QED) is 0.802. The molecule has 1 heterocycles. The van der Waals surface area contributed by atoms with E-state index in [1.165, 1.54) is 0 Å². The number of carbonyl (C=O) groups excluding carboxylic acids is 2. The van der Waals surface area contributed by atoms with E-state index in [2.05, 4.69) is 20.9 Å². The van der Waals surface area contributed by atoms with Crippen LogP contribution < -0.4 is 10.6 Å². The molecule has 0 saturated heterocycles. The number of nitrogens with one attached hydrogen (secondary N) is 2. The minimum absolute atomic E-state index is 0.0418. The van der Waals surface area contributed by atoms with Crippen molar-refractivity contribution in [2.24, 2.45) is 5.92 Å². The number of carbonyl (C=O) groups is 2. The highest BCUT2D eigenvalue weighted by atomic mass is 35.5. The van der Waals surface area contributed by atoms with Gasteiger partial charge < -0.3 is 10.6 Å². The molecule has 2 N–H and O–H groups in total. The summed E-state index contributed by atoms with van der Waals surface area (Å²) in [6.07, 6.45) is 3.27. The summed E-state index contributed by atoms with van der Waals surface area (Å²) in [5.74, 6) is -0.262. The predicted molar refractivity (Wildman–Crippen MR) is 108 cm³/mol. The van der Waals surface area contributed by atoms with Gasteiger partial charge in [-0.05, 0) is 58.2 Å². The van der Waals surface area contributed by atoms with Crippen LogP contribution in [0.15, 0.2) is 24.3 Å². The van der Waals surface area contributed by atoms with Crippen molar-refractivity contribution >= 4 is 23.4 Å². The lowest BCUT2D eigenvalue weighted by Gasteiger charge is -2.29. The molecule has 1 aliphatic rings. The Morgan fingerprint density at radius 3 is 2.79 bits per heavy atom. The van der Waals surface area contributed by atoms with Gasteiger partial charge in [-0.3, -0.25) is 9.59 Å². The molecule has 2 amide bonds. The Morgan fingerprint density at radius 2 is 2.07 bits per heavy atom. The minimum Gasteiger partial charge on any atom is -0.354 e. The number of hydrogen-bond acceptors (Lipinski definition) is 4. The molecule has 2 aromatic rings. The van der Waals surface area contributed by atoms with Crippen molar-refractivity contribution in [3.63, 3.8) is 0 Å². The maximum absolute atomic E-state index is 12.7. The van der Waals surface area contributed by atoms with Crippen molar-refractivity contribution < 1.29 is 9.59 Å². The highest BCUT2D eigenvalue weighted by Crippen LogP contribution is 2.25. The number of hydrogen-bond donors (Lipinski definition) is 2. The van der Waals surface area contributed by atoms with Gasteiger partial charge in [-0.1, -0.05) is 29.3 Å². The van der Waals surface area contributed by atoms with Crippen LogP contribution in [-0.2, 0) is 4.79 Å². The Labute approximate surface area is 169 Å². The zero-order valence-corrected chi connectivity index (χ0v) is 17.2. The van der Waals surface area contributed by atoms with Crippen LogP contribution in [0.4, 0.5) is 0 Å². The third-order valence-electron chi connectivity index (χ3n) is 4.97. The van der Waals surface area contributed by atoms with E-state index >= 15 is 0 Å². The molecule has 0 bridgehead atoms. The first kappa shape index (κ1) is 20.3. The van der Waals surface area contributed by atoms with Crippen molar-refractivity contribution in [2.75, 3.05) is 0 Å². The van der Waals surface area contributed by atoms with E-state index in [1.807, 2.05) is 26.0 Å². The van der Waals surface area contributed by atoms with Crippen molar-refractivity contribution in [2.45, 2.75) is 58.5 Å². The zero-order valence-electron chi connectivity index (χ0n) is 16.4. The molecule has 2 atom stereocenters. The van der Waals surface area contributed by atoms with Gasteiger partial charge >= 0.3 is 0 Å². The van der Waals surface area contributed by atoms with Crippen molar-refractivity contribution in [3.8, 4) is 5.69 Å². The number of benzene rings is 1. The van der Waals surface area contributed by atoms with Gasteiger partial charge in [0, 0.05) is 23.0 Å². The SMILES string of the molecule is Cc1c(C(=O)NC2CCCC(C(=O)NC(C)C)C2)nnn1-c1cccc(Cl)c1. The average Bonchev–Trinajstić information content (AvgIpc) is 3.03. The summed E-state index contributed by atoms with van der Waals surface area (Å²) >= 11 is 6.04. The van der Waals surface area contributed by atoms with Crippen LogP contribution in [0.1, 0.15) is 55.7 Å². The van der Waals surface area contributed by atoms with E-state index in [4.69, 9.17) is 11.6 Å². The molecule has 8 heteroatoms. The number of nitrogens with zero attached hydrogens (tertiary/aromatic N) is 3. The van der Waals surface area contributed by atoms with Gasteiger partial charge in [-0.2, -0.15) is 0 Å². The van der Waals surface area contributed by atoms with Gasteiger partial charge in [-0.25, -0.2) is 4.68 Å². The number of aromatic nitrogens is 3. The third kappa shape index (κ3) is 4.70. The molecule has 0 aliphatic heterocycles. The Bertz CT molecular complexity index is 864. The van der Waals surface area contributed by atoms with Crippen molar-refractivity contribution in [1.29, 1.82) is 0 Å². The Balaban J connectivity index is 1.67. The summed E-state index contributed by atoms with van der Waals surface area (Å²) in [6, 6.07) is 7.30. The number of rotatable bonds is 5. The maximum Gasteiger partial charge on any atom is 0.273 e. The fourth-order valence-corrected chi connectivity index (χ4v) is 3.79. The van der Waals surface area contributed by atoms with Crippen LogP contribution in [-0.4, -0.2) is 38.9 Å². The van der Waals surface area contributed by atoms with E-state index in [0.29, 0.717) is 17.1 Å². The molecule has 2 unspecified atom stereocenters. The monoisotopic (exact) mass is 403 g/mol. The molecule has 1 aromatic carbocycles. The molecule has 0 radical (unpaired) electrons. The van der Waals surface area contributed by atoms with Gasteiger partial charge in [0.2, 0.25) is 5.91 Å². The second kappa shape index (κ2) is 8.73. The van der Waals surface area contributed by atoms with Crippen LogP contribution in [0.25, 0.3) is 5.69 Å². The first-order valence-corrected chi connectivity index (χ1v) is 10.0. The first-order valence-electron chi connectivity index (χ1n) is 9.64. The van der Waals surface area contributed by atoms with Gasteiger partial charge in [0.15, 0.2) is 5.69 Å². The standard InChI is InChI=1S/C20H26ClN5O2/c1-12(2)22-19(27)14-6-4-8-16(10-14)23-20(28)18-13(3)26(25-24-18)17-9-5-7-15(21)11-17/h5,7,9,11-12,14,16H,4,6,8,10H2,1-3H3,(H,22,27)(H,23,28). The highest BCUT2D eigenvalue weighted by Gasteiger charge is 2.29. The molecule has 28 heavy (non-hydrogen) atoms. The topological polar surface area (TPSA) is 88.9 Å². The lowest BCUT2D eigenvalue weighted by atomic mass is 9.85. The van der Waals surface area contributed by atoms with Crippen LogP contribution in [0.5, 0.6) is 0 Å². The van der Waals surface area contributed by atoms with E-state index in [0.717, 1.165) is 24.9 Å². The van der Waals surface area contributed by atoms with Crippen LogP contribution in [0, 0.1) is 12.8 Å². The normalized spacial score (nSPS) is 19.5. The van der Waals surface area contributed by atoms with Gasteiger partial charge in [0.05, 0.1) is 11.4 Å². The fraction of sp³-hybridized carbons (Fsp3) is 0.500. The van der Waals surface area contributed by atoms with Crippen molar-refractivity contribution in [1.82, 2.24) is 25.6 Å². The Morgan fingerprint density at radius 1 is 1.29 bits per heavy atom. The van der Waals surface area contributed by atoms with E-state index in [-0.39, 0.29) is 35.5 Å². The van der Waals surface area contributed by atoms with Gasteiger partial charge in [0.1, 0.15) is 0 Å². The molecule has 3 rings (SSSR count). The van der Waals surface area contributed by atoms with Crippen LogP contribution >= 0.6 is 11.6 Å². The summed E-state index contributed by atoms with van der Waals surface area (Å²) in [6.45, 7) is 5.70. The number of halogens is 1. The zero-order chi connectivity index (χ0) is 20.3. The largest absolute Gasteiger partial charge is 0.354 e. The predicted octanol–water partition coefficient (Wildman–Crippen LogP) is 3.04. The Hall–Kier alpha value is -2.41. The molecular weight excluding hydrogens is 378 g/mol. The highest BCUT2D eigenvalue weighted by molar-refractivity contribution is 6.30. The second-order valence-electron chi connectivity index (χ2n) is 7.61. The summed E-state index contributed by atoms with van der Waals surface area (Å²) in [5.41, 5.74) is 1.68. The molecule has 150 valence electrons. The van der Waals surface area contributed by atoms with Gasteiger partial charge in [-0.15, -0.1) is 5.10 Å². The first-order chi connectivity index (χ1) is 13.3. The second-order valence-corrected chi connectivity index (χ2v) is 8.05. The molecule has 1 aliphatic carbocycles. The van der Waals surface area contributed by atoms with Gasteiger partial charge in [0.25, 0.3) is 5.91 Å². The molecular formula is C20H26ClN5O2. The minimum atomic E-state index is -0.263. The smallest absolute Gasteiger partial charge is 0.273 e. The lowest BCUT2D eigenvalue weighted by molar-refractivity contribution is -0.126. The van der Waals surface area contributed by atoms with Crippen LogP contribution in [0.2, 0.25) is 5.02 Å². The maximum atomic E-state index is 12.7. The molecule has 0 spiro atoms. The Kier molecular flexibility index (Phi) is 6.34. The van der Waals surface area contributed by atoms with E-state index in [1.54, 1.807) is 23.7 Å². The van der Waals surface area contributed by atoms with Crippen molar-refractivity contribution in [3.05, 3.63) is 40.7 Å².